The van der Waals surface area contributed by atoms with E-state index in [1.165, 1.54) is 0 Å². The summed E-state index contributed by atoms with van der Waals surface area (Å²) in [5.74, 6) is 0.0268. The highest BCUT2D eigenvalue weighted by molar-refractivity contribution is 7.91. The summed E-state index contributed by atoms with van der Waals surface area (Å²) in [6, 6.07) is 7.05. The van der Waals surface area contributed by atoms with E-state index in [1.54, 1.807) is 24.3 Å². The lowest BCUT2D eigenvalue weighted by atomic mass is 10.1. The Morgan fingerprint density at radius 1 is 1.17 bits per heavy atom. The first-order chi connectivity index (χ1) is 8.46. The van der Waals surface area contributed by atoms with Gasteiger partial charge in [0.15, 0.2) is 0 Å². The van der Waals surface area contributed by atoms with E-state index in [9.17, 15) is 13.2 Å². The van der Waals surface area contributed by atoms with Crippen molar-refractivity contribution >= 4 is 21.4 Å². The van der Waals surface area contributed by atoms with Gasteiger partial charge >= 0.3 is 0 Å². The number of hydrogen-bond acceptors (Lipinski definition) is 4. The number of carbonyl (C=O) groups excluding carboxylic acids is 1. The van der Waals surface area contributed by atoms with Gasteiger partial charge in [0.2, 0.25) is 5.91 Å². The maximum absolute atomic E-state index is 11.3. The van der Waals surface area contributed by atoms with Crippen LogP contribution in [0.4, 0.5) is 5.69 Å². The van der Waals surface area contributed by atoms with Crippen LogP contribution in [0.15, 0.2) is 24.3 Å². The molecule has 1 aliphatic rings. The number of primary amides is 1. The minimum atomic E-state index is -2.83. The van der Waals surface area contributed by atoms with E-state index in [0.29, 0.717) is 18.4 Å². The van der Waals surface area contributed by atoms with Gasteiger partial charge in [-0.3, -0.25) is 4.79 Å². The zero-order valence-corrected chi connectivity index (χ0v) is 10.7. The summed E-state index contributed by atoms with van der Waals surface area (Å²) in [7, 11) is -2.83. The molecular weight excluding hydrogens is 252 g/mol. The van der Waals surface area contributed by atoms with Crippen LogP contribution >= 0.6 is 0 Å². The largest absolute Gasteiger partial charge is 0.382 e. The average Bonchev–Trinajstić information content (AvgIpc) is 2.33. The lowest BCUT2D eigenvalue weighted by Gasteiger charge is -2.24. The fourth-order valence-corrected chi connectivity index (χ4v) is 3.49. The molecule has 3 N–H and O–H groups in total. The van der Waals surface area contributed by atoms with Gasteiger partial charge in [0.05, 0.1) is 11.5 Å². The van der Waals surface area contributed by atoms with Crippen LogP contribution in [0, 0.1) is 0 Å². The summed E-state index contributed by atoms with van der Waals surface area (Å²) in [5.41, 5.74) is 6.50. The van der Waals surface area contributed by atoms with E-state index < -0.39 is 15.7 Å². The van der Waals surface area contributed by atoms with Gasteiger partial charge < -0.3 is 11.1 Å². The summed E-state index contributed by atoms with van der Waals surface area (Å²) in [6.07, 6.45) is 1.25. The van der Waals surface area contributed by atoms with Crippen LogP contribution in [0.5, 0.6) is 0 Å². The molecule has 1 aromatic carbocycles. The third-order valence-corrected chi connectivity index (χ3v) is 4.81. The van der Waals surface area contributed by atoms with Gasteiger partial charge in [-0.15, -0.1) is 0 Å². The molecule has 98 valence electrons. The fourth-order valence-electron chi connectivity index (χ4n) is 2.00. The molecule has 0 aromatic heterocycles. The summed E-state index contributed by atoms with van der Waals surface area (Å²) in [6.45, 7) is 0. The fraction of sp³-hybridized carbons (Fsp3) is 0.417. The Morgan fingerprint density at radius 3 is 2.22 bits per heavy atom. The van der Waals surface area contributed by atoms with Crippen molar-refractivity contribution in [3.05, 3.63) is 29.8 Å². The van der Waals surface area contributed by atoms with Gasteiger partial charge in [-0.25, -0.2) is 8.42 Å². The predicted molar refractivity (Wildman–Crippen MR) is 70.3 cm³/mol. The first kappa shape index (κ1) is 12.9. The van der Waals surface area contributed by atoms with Crippen molar-refractivity contribution in [1.29, 1.82) is 0 Å². The molecule has 0 spiro atoms. The molecule has 0 unspecified atom stereocenters. The molecule has 18 heavy (non-hydrogen) atoms. The number of nitrogens with two attached hydrogens (primary N) is 1. The minimum Gasteiger partial charge on any atom is -0.382 e. The van der Waals surface area contributed by atoms with Crippen LogP contribution in [0.3, 0.4) is 0 Å². The summed E-state index contributed by atoms with van der Waals surface area (Å²) < 4.78 is 22.6. The van der Waals surface area contributed by atoms with E-state index in [2.05, 4.69) is 5.32 Å². The Kier molecular flexibility index (Phi) is 3.56. The second-order valence-electron chi connectivity index (χ2n) is 4.51. The van der Waals surface area contributed by atoms with Crippen molar-refractivity contribution < 1.29 is 13.2 Å². The first-order valence-corrected chi connectivity index (χ1v) is 7.65. The molecule has 6 heteroatoms. The Labute approximate surface area is 106 Å². The molecule has 1 aromatic rings. The zero-order valence-electron chi connectivity index (χ0n) is 9.93. The molecule has 5 nitrogen and oxygen atoms in total. The normalized spacial score (nSPS) is 19.3. The van der Waals surface area contributed by atoms with Crippen LogP contribution in [-0.4, -0.2) is 31.9 Å². The number of carbonyl (C=O) groups is 1. The number of amides is 1. The van der Waals surface area contributed by atoms with Crippen molar-refractivity contribution in [3.8, 4) is 0 Å². The smallest absolute Gasteiger partial charge is 0.248 e. The zero-order chi connectivity index (χ0) is 13.2. The van der Waals surface area contributed by atoms with Crippen molar-refractivity contribution in [2.75, 3.05) is 16.8 Å². The second kappa shape index (κ2) is 4.97. The van der Waals surface area contributed by atoms with Crippen LogP contribution < -0.4 is 11.1 Å². The van der Waals surface area contributed by atoms with Crippen molar-refractivity contribution in [2.45, 2.75) is 18.9 Å². The number of hydrogen-bond donors (Lipinski definition) is 2. The number of sulfone groups is 1. The molecule has 0 bridgehead atoms. The van der Waals surface area contributed by atoms with Crippen LogP contribution in [0.1, 0.15) is 23.2 Å². The van der Waals surface area contributed by atoms with Crippen LogP contribution in [0.25, 0.3) is 0 Å². The highest BCUT2D eigenvalue weighted by atomic mass is 32.2. The van der Waals surface area contributed by atoms with Crippen LogP contribution in [-0.2, 0) is 9.84 Å². The van der Waals surface area contributed by atoms with Crippen molar-refractivity contribution in [1.82, 2.24) is 0 Å². The third kappa shape index (κ3) is 3.22. The molecule has 1 amide bonds. The molecule has 1 heterocycles. The summed E-state index contributed by atoms with van der Waals surface area (Å²) in [4.78, 5) is 10.9. The Balaban J connectivity index is 1.96. The summed E-state index contributed by atoms with van der Waals surface area (Å²) >= 11 is 0. The standard InChI is InChI=1S/C12H16N2O3S/c13-12(15)9-1-3-10(4-2-9)14-11-5-7-18(16,17)8-6-11/h1-4,11,14H,5-8H2,(H2,13,15). The van der Waals surface area contributed by atoms with E-state index in [4.69, 9.17) is 5.73 Å². The molecule has 2 rings (SSSR count). The van der Waals surface area contributed by atoms with Crippen molar-refractivity contribution in [3.63, 3.8) is 0 Å². The van der Waals surface area contributed by atoms with E-state index in [-0.39, 0.29) is 17.5 Å². The van der Waals surface area contributed by atoms with Gasteiger partial charge in [-0.05, 0) is 37.1 Å². The number of benzene rings is 1. The Bertz CT molecular complexity index is 523. The maximum atomic E-state index is 11.3. The number of anilines is 1. The molecule has 1 fully saturated rings. The predicted octanol–water partition coefficient (Wildman–Crippen LogP) is 0.775. The third-order valence-electron chi connectivity index (χ3n) is 3.09. The van der Waals surface area contributed by atoms with Crippen molar-refractivity contribution in [2.24, 2.45) is 5.73 Å². The van der Waals surface area contributed by atoms with Gasteiger partial charge in [0, 0.05) is 17.3 Å². The Hall–Kier alpha value is -1.56. The van der Waals surface area contributed by atoms with Crippen LogP contribution in [0.2, 0.25) is 0 Å². The topological polar surface area (TPSA) is 89.3 Å². The van der Waals surface area contributed by atoms with E-state index >= 15 is 0 Å². The molecule has 0 aliphatic carbocycles. The first-order valence-electron chi connectivity index (χ1n) is 5.83. The highest BCUT2D eigenvalue weighted by Gasteiger charge is 2.23. The average molecular weight is 268 g/mol. The quantitative estimate of drug-likeness (QED) is 0.847. The van der Waals surface area contributed by atoms with Gasteiger partial charge in [0.25, 0.3) is 0 Å². The lowest BCUT2D eigenvalue weighted by Crippen LogP contribution is -2.32. The van der Waals surface area contributed by atoms with Gasteiger partial charge in [-0.1, -0.05) is 0 Å². The molecule has 0 atom stereocenters. The molecule has 0 radical (unpaired) electrons. The SMILES string of the molecule is NC(=O)c1ccc(NC2CCS(=O)(=O)CC2)cc1. The lowest BCUT2D eigenvalue weighted by molar-refractivity contribution is 0.100. The molecule has 1 saturated heterocycles. The van der Waals surface area contributed by atoms with Gasteiger partial charge in [0.1, 0.15) is 9.84 Å². The maximum Gasteiger partial charge on any atom is 0.248 e. The summed E-state index contributed by atoms with van der Waals surface area (Å²) in [5, 5.41) is 3.27. The second-order valence-corrected chi connectivity index (χ2v) is 6.82. The molecular formula is C12H16N2O3S. The Morgan fingerprint density at radius 2 is 1.72 bits per heavy atom. The molecule has 0 saturated carbocycles. The minimum absolute atomic E-state index is 0.174. The van der Waals surface area contributed by atoms with E-state index in [1.807, 2.05) is 0 Å². The number of nitrogens with one attached hydrogen (secondary N) is 1. The monoisotopic (exact) mass is 268 g/mol. The molecule has 1 aliphatic heterocycles. The number of rotatable bonds is 3. The highest BCUT2D eigenvalue weighted by Crippen LogP contribution is 2.18. The van der Waals surface area contributed by atoms with Gasteiger partial charge in [-0.2, -0.15) is 0 Å². The van der Waals surface area contributed by atoms with E-state index in [0.717, 1.165) is 5.69 Å².